The summed E-state index contributed by atoms with van der Waals surface area (Å²) in [5, 5.41) is 10.9. The smallest absolute Gasteiger partial charge is 0.273 e. The number of nitro benzene ring substituents is 1. The van der Waals surface area contributed by atoms with Crippen molar-refractivity contribution >= 4 is 11.4 Å². The van der Waals surface area contributed by atoms with Crippen LogP contribution in [0.4, 0.5) is 11.4 Å². The lowest BCUT2D eigenvalue weighted by Gasteiger charge is -2.48. The van der Waals surface area contributed by atoms with Crippen molar-refractivity contribution in [1.29, 1.82) is 0 Å². The van der Waals surface area contributed by atoms with Gasteiger partial charge in [0.05, 0.1) is 22.7 Å². The van der Waals surface area contributed by atoms with Crippen LogP contribution in [0.25, 0.3) is 0 Å². The quantitative estimate of drug-likeness (QED) is 0.605. The number of non-ortho nitro benzene ring substituents is 1. The summed E-state index contributed by atoms with van der Waals surface area (Å²) in [6, 6.07) is 5.99. The van der Waals surface area contributed by atoms with E-state index in [0.717, 1.165) is 25.3 Å². The summed E-state index contributed by atoms with van der Waals surface area (Å²) >= 11 is 0. The molecule has 24 heavy (non-hydrogen) atoms. The molecule has 0 spiro atoms. The fraction of sp³-hybridized carbons (Fsp3) is 0.647. The van der Waals surface area contributed by atoms with Crippen LogP contribution in [0.1, 0.15) is 12.8 Å². The van der Waals surface area contributed by atoms with Crippen LogP contribution < -0.4 is 9.64 Å². The number of piperazine rings is 1. The molecule has 0 N–H and O–H groups in total. The molecule has 0 aromatic heterocycles. The molecule has 130 valence electrons. The molecule has 0 bridgehead atoms. The van der Waals surface area contributed by atoms with E-state index in [1.807, 2.05) is 6.07 Å². The van der Waals surface area contributed by atoms with Gasteiger partial charge in [0.2, 0.25) is 0 Å². The maximum Gasteiger partial charge on any atom is 0.273 e. The van der Waals surface area contributed by atoms with Crippen LogP contribution in [-0.2, 0) is 0 Å². The van der Waals surface area contributed by atoms with Crippen molar-refractivity contribution in [2.45, 2.75) is 24.9 Å². The van der Waals surface area contributed by atoms with Crippen LogP contribution in [0.5, 0.6) is 5.75 Å². The number of piperidine rings is 1. The monoisotopic (exact) mass is 332 g/mol. The number of anilines is 1. The number of nitro groups is 1. The Morgan fingerprint density at radius 2 is 1.96 bits per heavy atom. The number of ether oxygens (including phenoxy) is 1. The first-order chi connectivity index (χ1) is 11.6. The molecule has 0 saturated carbocycles. The van der Waals surface area contributed by atoms with E-state index in [9.17, 15) is 10.1 Å². The second-order valence-electron chi connectivity index (χ2n) is 7.10. The molecule has 3 aliphatic rings. The molecule has 0 aliphatic carbocycles. The third-order valence-corrected chi connectivity index (χ3v) is 5.61. The average Bonchev–Trinajstić information content (AvgIpc) is 2.61. The lowest BCUT2D eigenvalue weighted by molar-refractivity contribution is -0.384. The van der Waals surface area contributed by atoms with Gasteiger partial charge >= 0.3 is 0 Å². The lowest BCUT2D eigenvalue weighted by Crippen LogP contribution is -2.60. The van der Waals surface area contributed by atoms with E-state index in [1.165, 1.54) is 25.9 Å². The van der Waals surface area contributed by atoms with Gasteiger partial charge < -0.3 is 14.5 Å². The molecule has 1 aromatic rings. The Labute approximate surface area is 141 Å². The Bertz CT molecular complexity index is 630. The van der Waals surface area contributed by atoms with Crippen molar-refractivity contribution in [3.05, 3.63) is 28.3 Å². The summed E-state index contributed by atoms with van der Waals surface area (Å²) < 4.78 is 5.86. The molecule has 0 radical (unpaired) electrons. The molecule has 1 atom stereocenters. The Kier molecular flexibility index (Phi) is 4.05. The number of benzene rings is 1. The number of fused-ring (bicyclic) bond motifs is 3. The molecule has 0 amide bonds. The minimum atomic E-state index is -0.367. The standard InChI is InChI=1S/C17H24N4O3/c1-18-6-4-13(5-7-18)19-8-9-20-15(11-19)12-24-17-10-14(21(22)23)2-3-16(17)20/h2-3,10,13,15H,4-9,11-12H2,1H3/t15-/m1/s1. The van der Waals surface area contributed by atoms with Crippen molar-refractivity contribution in [2.75, 3.05) is 51.3 Å². The molecule has 3 heterocycles. The predicted octanol–water partition coefficient (Wildman–Crippen LogP) is 1.57. The van der Waals surface area contributed by atoms with Crippen LogP contribution in [0.15, 0.2) is 18.2 Å². The van der Waals surface area contributed by atoms with E-state index in [2.05, 4.69) is 21.7 Å². The van der Waals surface area contributed by atoms with Gasteiger partial charge in [-0.25, -0.2) is 0 Å². The van der Waals surface area contributed by atoms with Crippen LogP contribution >= 0.6 is 0 Å². The van der Waals surface area contributed by atoms with Gasteiger partial charge in [0.25, 0.3) is 5.69 Å². The average molecular weight is 332 g/mol. The Hall–Kier alpha value is -1.86. The van der Waals surface area contributed by atoms with Crippen LogP contribution in [0.2, 0.25) is 0 Å². The lowest BCUT2D eigenvalue weighted by atomic mass is 10.00. The van der Waals surface area contributed by atoms with Gasteiger partial charge in [-0.3, -0.25) is 15.0 Å². The van der Waals surface area contributed by atoms with Gasteiger partial charge in [0.15, 0.2) is 0 Å². The second-order valence-corrected chi connectivity index (χ2v) is 7.10. The highest BCUT2D eigenvalue weighted by molar-refractivity contribution is 5.64. The Morgan fingerprint density at radius 3 is 2.71 bits per heavy atom. The fourth-order valence-electron chi connectivity index (χ4n) is 4.19. The van der Waals surface area contributed by atoms with Crippen molar-refractivity contribution in [2.24, 2.45) is 0 Å². The van der Waals surface area contributed by atoms with Gasteiger partial charge in [0.1, 0.15) is 12.4 Å². The zero-order valence-corrected chi connectivity index (χ0v) is 14.1. The van der Waals surface area contributed by atoms with Gasteiger partial charge in [-0.1, -0.05) is 0 Å². The van der Waals surface area contributed by atoms with Crippen molar-refractivity contribution in [3.8, 4) is 5.75 Å². The normalized spacial score (nSPS) is 25.7. The highest BCUT2D eigenvalue weighted by Gasteiger charge is 2.36. The maximum atomic E-state index is 10.9. The largest absolute Gasteiger partial charge is 0.489 e. The molecule has 3 aliphatic heterocycles. The molecule has 7 heteroatoms. The van der Waals surface area contributed by atoms with Crippen LogP contribution in [-0.4, -0.2) is 73.2 Å². The highest BCUT2D eigenvalue weighted by atomic mass is 16.6. The molecule has 1 aromatic carbocycles. The van der Waals surface area contributed by atoms with E-state index in [-0.39, 0.29) is 10.6 Å². The van der Waals surface area contributed by atoms with E-state index >= 15 is 0 Å². The SMILES string of the molecule is CN1CCC(N2CCN3c4ccc([N+](=O)[O-])cc4OC[C@H]3C2)CC1. The van der Waals surface area contributed by atoms with Crippen molar-refractivity contribution in [3.63, 3.8) is 0 Å². The molecule has 2 saturated heterocycles. The molecular weight excluding hydrogens is 308 g/mol. The third kappa shape index (κ3) is 2.82. The Balaban J connectivity index is 1.47. The molecular formula is C17H24N4O3. The number of rotatable bonds is 2. The first-order valence-corrected chi connectivity index (χ1v) is 8.72. The number of likely N-dealkylation sites (tertiary alicyclic amines) is 1. The second kappa shape index (κ2) is 6.22. The zero-order chi connectivity index (χ0) is 16.7. The van der Waals surface area contributed by atoms with Crippen LogP contribution in [0, 0.1) is 10.1 Å². The minimum absolute atomic E-state index is 0.0946. The summed E-state index contributed by atoms with van der Waals surface area (Å²) in [5.74, 6) is 0.646. The molecule has 2 fully saturated rings. The topological polar surface area (TPSA) is 62.1 Å². The minimum Gasteiger partial charge on any atom is -0.489 e. The molecule has 0 unspecified atom stereocenters. The molecule has 4 rings (SSSR count). The summed E-state index contributed by atoms with van der Waals surface area (Å²) in [7, 11) is 2.19. The molecule has 7 nitrogen and oxygen atoms in total. The zero-order valence-electron chi connectivity index (χ0n) is 14.1. The van der Waals surface area contributed by atoms with E-state index in [1.54, 1.807) is 12.1 Å². The predicted molar refractivity (Wildman–Crippen MR) is 91.8 cm³/mol. The van der Waals surface area contributed by atoms with Gasteiger partial charge in [-0.15, -0.1) is 0 Å². The van der Waals surface area contributed by atoms with Crippen molar-refractivity contribution in [1.82, 2.24) is 9.80 Å². The Morgan fingerprint density at radius 1 is 1.17 bits per heavy atom. The summed E-state index contributed by atoms with van der Waals surface area (Å²) in [6.07, 6.45) is 2.49. The first kappa shape index (κ1) is 15.7. The third-order valence-electron chi connectivity index (χ3n) is 5.61. The number of hydrogen-bond donors (Lipinski definition) is 0. The van der Waals surface area contributed by atoms with Crippen molar-refractivity contribution < 1.29 is 9.66 Å². The van der Waals surface area contributed by atoms with Gasteiger partial charge in [0, 0.05) is 31.7 Å². The summed E-state index contributed by atoms with van der Waals surface area (Å²) in [4.78, 5) is 18.0. The summed E-state index contributed by atoms with van der Waals surface area (Å²) in [5.41, 5.74) is 1.09. The first-order valence-electron chi connectivity index (χ1n) is 8.72. The van der Waals surface area contributed by atoms with E-state index < -0.39 is 0 Å². The maximum absolute atomic E-state index is 10.9. The van der Waals surface area contributed by atoms with Crippen LogP contribution in [0.3, 0.4) is 0 Å². The van der Waals surface area contributed by atoms with Gasteiger partial charge in [-0.05, 0) is 39.0 Å². The van der Waals surface area contributed by atoms with Gasteiger partial charge in [-0.2, -0.15) is 0 Å². The van der Waals surface area contributed by atoms with E-state index in [0.29, 0.717) is 24.4 Å². The summed E-state index contributed by atoms with van der Waals surface area (Å²) in [6.45, 7) is 6.01. The number of nitrogens with zero attached hydrogens (tertiary/aromatic N) is 4. The fourth-order valence-corrected chi connectivity index (χ4v) is 4.19. The van der Waals surface area contributed by atoms with E-state index in [4.69, 9.17) is 4.74 Å². The number of hydrogen-bond acceptors (Lipinski definition) is 6. The highest BCUT2D eigenvalue weighted by Crippen LogP contribution is 2.38.